The van der Waals surface area contributed by atoms with E-state index in [0.717, 1.165) is 44.5 Å². The molecule has 1 aliphatic carbocycles. The van der Waals surface area contributed by atoms with E-state index in [4.69, 9.17) is 14.5 Å². The van der Waals surface area contributed by atoms with Crippen molar-refractivity contribution >= 4 is 0 Å². The molecule has 3 heterocycles. The average molecular weight is 383 g/mol. The Morgan fingerprint density at radius 3 is 2.64 bits per heavy atom. The van der Waals surface area contributed by atoms with E-state index in [0.29, 0.717) is 6.01 Å². The number of hydrogen-bond acceptors (Lipinski definition) is 6. The minimum Gasteiger partial charge on any atom is -0.467 e. The van der Waals surface area contributed by atoms with Crippen molar-refractivity contribution in [3.63, 3.8) is 0 Å². The summed E-state index contributed by atoms with van der Waals surface area (Å²) in [7, 11) is 1.58. The molecule has 6 nitrogen and oxygen atoms in total. The third-order valence-electron chi connectivity index (χ3n) is 6.35. The first kappa shape index (κ1) is 19.3. The molecule has 0 radical (unpaired) electrons. The summed E-state index contributed by atoms with van der Waals surface area (Å²) in [6.07, 6.45) is 13.7. The van der Waals surface area contributed by atoms with E-state index in [1.54, 1.807) is 7.11 Å². The van der Waals surface area contributed by atoms with Crippen LogP contribution in [0.3, 0.4) is 0 Å². The van der Waals surface area contributed by atoms with Gasteiger partial charge in [0.1, 0.15) is 0 Å². The second-order valence-electron chi connectivity index (χ2n) is 8.17. The molecule has 1 N–H and O–H groups in total. The molecular formula is C22H30N4O2. The van der Waals surface area contributed by atoms with Gasteiger partial charge in [-0.15, -0.1) is 0 Å². The lowest BCUT2D eigenvalue weighted by molar-refractivity contribution is -0.104. The summed E-state index contributed by atoms with van der Waals surface area (Å²) in [6.45, 7) is 2.52. The van der Waals surface area contributed by atoms with Crippen LogP contribution < -0.4 is 10.1 Å². The van der Waals surface area contributed by atoms with E-state index in [2.05, 4.69) is 27.4 Å². The SMILES string of the molecule is COc1ncc(CNCCC2(c3ccccn3)CCOC3(CCCC3)C2)cn1. The number of aromatic nitrogens is 3. The molecule has 1 aliphatic heterocycles. The van der Waals surface area contributed by atoms with Crippen LogP contribution in [0.1, 0.15) is 56.2 Å². The molecule has 2 aromatic rings. The molecule has 150 valence electrons. The van der Waals surface area contributed by atoms with Crippen molar-refractivity contribution in [3.05, 3.63) is 48.0 Å². The van der Waals surface area contributed by atoms with Crippen molar-refractivity contribution in [2.75, 3.05) is 20.3 Å². The van der Waals surface area contributed by atoms with Crippen molar-refractivity contribution in [2.45, 2.75) is 62.5 Å². The first-order valence-corrected chi connectivity index (χ1v) is 10.3. The number of nitrogens with one attached hydrogen (secondary N) is 1. The zero-order chi connectivity index (χ0) is 19.3. The highest BCUT2D eigenvalue weighted by Crippen LogP contribution is 2.49. The zero-order valence-corrected chi connectivity index (χ0v) is 16.7. The van der Waals surface area contributed by atoms with Crippen LogP contribution in [0.2, 0.25) is 0 Å². The molecule has 2 fully saturated rings. The number of rotatable bonds is 7. The van der Waals surface area contributed by atoms with E-state index in [9.17, 15) is 0 Å². The van der Waals surface area contributed by atoms with Gasteiger partial charge in [0.2, 0.25) is 0 Å². The summed E-state index contributed by atoms with van der Waals surface area (Å²) >= 11 is 0. The molecule has 1 saturated heterocycles. The summed E-state index contributed by atoms with van der Waals surface area (Å²) in [6, 6.07) is 6.72. The van der Waals surface area contributed by atoms with Gasteiger partial charge in [0.05, 0.1) is 12.7 Å². The van der Waals surface area contributed by atoms with Crippen molar-refractivity contribution in [2.24, 2.45) is 0 Å². The van der Waals surface area contributed by atoms with Crippen LogP contribution in [0.5, 0.6) is 6.01 Å². The quantitative estimate of drug-likeness (QED) is 0.740. The Hall–Kier alpha value is -2.05. The molecule has 1 atom stereocenters. The first-order valence-electron chi connectivity index (χ1n) is 10.3. The lowest BCUT2D eigenvalue weighted by Gasteiger charge is -2.46. The number of pyridine rings is 1. The highest BCUT2D eigenvalue weighted by atomic mass is 16.5. The molecule has 0 bridgehead atoms. The Morgan fingerprint density at radius 1 is 1.11 bits per heavy atom. The van der Waals surface area contributed by atoms with Crippen LogP contribution in [-0.4, -0.2) is 40.8 Å². The monoisotopic (exact) mass is 382 g/mol. The van der Waals surface area contributed by atoms with Gasteiger partial charge in [-0.3, -0.25) is 4.98 Å². The molecule has 28 heavy (non-hydrogen) atoms. The van der Waals surface area contributed by atoms with Crippen molar-refractivity contribution in [1.29, 1.82) is 0 Å². The van der Waals surface area contributed by atoms with Crippen LogP contribution in [0.15, 0.2) is 36.8 Å². The molecule has 6 heteroatoms. The fraction of sp³-hybridized carbons (Fsp3) is 0.591. The first-order chi connectivity index (χ1) is 13.7. The maximum Gasteiger partial charge on any atom is 0.316 e. The molecular weight excluding hydrogens is 352 g/mol. The third-order valence-corrected chi connectivity index (χ3v) is 6.35. The zero-order valence-electron chi connectivity index (χ0n) is 16.7. The fourth-order valence-electron chi connectivity index (χ4n) is 4.90. The maximum atomic E-state index is 6.32. The summed E-state index contributed by atoms with van der Waals surface area (Å²) < 4.78 is 11.3. The smallest absolute Gasteiger partial charge is 0.316 e. The van der Waals surface area contributed by atoms with E-state index in [1.807, 2.05) is 24.7 Å². The molecule has 2 aromatic heterocycles. The lowest BCUT2D eigenvalue weighted by Crippen LogP contribution is -2.47. The van der Waals surface area contributed by atoms with Crippen molar-refractivity contribution < 1.29 is 9.47 Å². The number of hydrogen-bond donors (Lipinski definition) is 1. The molecule has 4 rings (SSSR count). The Bertz CT molecular complexity index is 747. The third kappa shape index (κ3) is 4.18. The molecule has 0 amide bonds. The van der Waals surface area contributed by atoms with Gasteiger partial charge < -0.3 is 14.8 Å². The minimum atomic E-state index is 0.0690. The van der Waals surface area contributed by atoms with E-state index >= 15 is 0 Å². The van der Waals surface area contributed by atoms with Gasteiger partial charge >= 0.3 is 6.01 Å². The standard InChI is InChI=1S/C22H30N4O2/c1-27-20-25-15-18(16-26-20)14-23-12-9-21(19-6-2-5-11-24-19)10-13-28-22(17-21)7-3-4-8-22/h2,5-6,11,15-16,23H,3-4,7-10,12-14,17H2,1H3. The highest BCUT2D eigenvalue weighted by Gasteiger charge is 2.48. The minimum absolute atomic E-state index is 0.0690. The Morgan fingerprint density at radius 2 is 1.93 bits per heavy atom. The molecule has 1 spiro atoms. The maximum absolute atomic E-state index is 6.32. The highest BCUT2D eigenvalue weighted by molar-refractivity contribution is 5.20. The van der Waals surface area contributed by atoms with Crippen LogP contribution in [0.25, 0.3) is 0 Å². The predicted molar refractivity (Wildman–Crippen MR) is 107 cm³/mol. The summed E-state index contributed by atoms with van der Waals surface area (Å²) in [5.74, 6) is 0. The average Bonchev–Trinajstić information content (AvgIpc) is 3.19. The van der Waals surface area contributed by atoms with E-state index in [1.165, 1.54) is 31.4 Å². The Balaban J connectivity index is 1.42. The molecule has 1 unspecified atom stereocenters. The normalized spacial score (nSPS) is 23.8. The van der Waals surface area contributed by atoms with Gasteiger partial charge in [0, 0.05) is 48.4 Å². The van der Waals surface area contributed by atoms with Crippen LogP contribution >= 0.6 is 0 Å². The summed E-state index contributed by atoms with van der Waals surface area (Å²) in [4.78, 5) is 13.1. The van der Waals surface area contributed by atoms with Gasteiger partial charge in [-0.1, -0.05) is 18.9 Å². The fourth-order valence-corrected chi connectivity index (χ4v) is 4.90. The number of ether oxygens (including phenoxy) is 2. The Labute approximate surface area is 167 Å². The number of methoxy groups -OCH3 is 1. The predicted octanol–water partition coefficient (Wildman–Crippen LogP) is 3.42. The van der Waals surface area contributed by atoms with E-state index < -0.39 is 0 Å². The van der Waals surface area contributed by atoms with Crippen molar-refractivity contribution in [3.8, 4) is 6.01 Å². The van der Waals surface area contributed by atoms with Crippen LogP contribution in [0, 0.1) is 0 Å². The molecule has 2 aliphatic rings. The summed E-state index contributed by atoms with van der Waals surface area (Å²) in [5, 5.41) is 3.57. The van der Waals surface area contributed by atoms with Crippen LogP contribution in [-0.2, 0) is 16.7 Å². The Kier molecular flexibility index (Phi) is 5.87. The van der Waals surface area contributed by atoms with Gasteiger partial charge in [0.15, 0.2) is 0 Å². The van der Waals surface area contributed by atoms with Gasteiger partial charge in [-0.2, -0.15) is 0 Å². The van der Waals surface area contributed by atoms with Gasteiger partial charge in [-0.25, -0.2) is 9.97 Å². The topological polar surface area (TPSA) is 69.2 Å². The second kappa shape index (κ2) is 8.53. The summed E-state index contributed by atoms with van der Waals surface area (Å²) in [5.41, 5.74) is 2.44. The van der Waals surface area contributed by atoms with Crippen molar-refractivity contribution in [1.82, 2.24) is 20.3 Å². The van der Waals surface area contributed by atoms with E-state index in [-0.39, 0.29) is 11.0 Å². The van der Waals surface area contributed by atoms with Crippen LogP contribution in [0.4, 0.5) is 0 Å². The van der Waals surface area contributed by atoms with Gasteiger partial charge in [-0.05, 0) is 50.8 Å². The lowest BCUT2D eigenvalue weighted by atomic mass is 9.68. The van der Waals surface area contributed by atoms with Gasteiger partial charge in [0.25, 0.3) is 0 Å². The molecule has 0 aromatic carbocycles. The second-order valence-corrected chi connectivity index (χ2v) is 8.17. The molecule has 1 saturated carbocycles. The number of nitrogens with zero attached hydrogens (tertiary/aromatic N) is 3. The largest absolute Gasteiger partial charge is 0.467 e.